The number of hydrogen-bond donors (Lipinski definition) is 1. The molecule has 23 heavy (non-hydrogen) atoms. The summed E-state index contributed by atoms with van der Waals surface area (Å²) < 4.78 is 1.76. The Morgan fingerprint density at radius 1 is 1.09 bits per heavy atom. The lowest BCUT2D eigenvalue weighted by molar-refractivity contribution is 0.102. The van der Waals surface area contributed by atoms with Crippen LogP contribution in [0.3, 0.4) is 0 Å². The highest BCUT2D eigenvalue weighted by Crippen LogP contribution is 2.22. The van der Waals surface area contributed by atoms with Gasteiger partial charge in [0.25, 0.3) is 5.91 Å². The minimum atomic E-state index is -0.155. The Balaban J connectivity index is 2.02. The van der Waals surface area contributed by atoms with Gasteiger partial charge in [0.2, 0.25) is 0 Å². The highest BCUT2D eigenvalue weighted by molar-refractivity contribution is 6.07. The largest absolute Gasteiger partial charge is 0.319 e. The molecule has 1 aromatic carbocycles. The van der Waals surface area contributed by atoms with Crippen molar-refractivity contribution in [2.24, 2.45) is 7.05 Å². The van der Waals surface area contributed by atoms with E-state index in [1.807, 2.05) is 59.0 Å². The molecular weight excluding hydrogens is 288 g/mol. The first-order valence-electron chi connectivity index (χ1n) is 7.56. The Morgan fingerprint density at radius 3 is 2.48 bits per heavy atom. The van der Waals surface area contributed by atoms with Crippen molar-refractivity contribution in [2.45, 2.75) is 27.7 Å². The number of benzene rings is 1. The average molecular weight is 308 g/mol. The smallest absolute Gasteiger partial charge is 0.257 e. The van der Waals surface area contributed by atoms with E-state index in [1.165, 1.54) is 0 Å². The van der Waals surface area contributed by atoms with Crippen LogP contribution in [-0.4, -0.2) is 20.7 Å². The summed E-state index contributed by atoms with van der Waals surface area (Å²) in [6.45, 7) is 7.71. The fourth-order valence-corrected chi connectivity index (χ4v) is 2.76. The van der Waals surface area contributed by atoms with Gasteiger partial charge in [0.05, 0.1) is 33.8 Å². The number of hydrogen-bond acceptors (Lipinski definition) is 3. The molecule has 3 aromatic rings. The summed E-state index contributed by atoms with van der Waals surface area (Å²) in [6, 6.07) is 7.95. The minimum Gasteiger partial charge on any atom is -0.319 e. The maximum atomic E-state index is 12.7. The molecular formula is C18H20N4O. The molecule has 3 rings (SSSR count). The number of aryl methyl sites for hydroxylation is 4. The average Bonchev–Trinajstić information content (AvgIpc) is 2.73. The summed E-state index contributed by atoms with van der Waals surface area (Å²) in [6.07, 6.45) is 0. The molecule has 2 heterocycles. The van der Waals surface area contributed by atoms with Crippen LogP contribution in [0.4, 0.5) is 5.69 Å². The van der Waals surface area contributed by atoms with Crippen LogP contribution in [0.2, 0.25) is 0 Å². The van der Waals surface area contributed by atoms with E-state index >= 15 is 0 Å². The van der Waals surface area contributed by atoms with Gasteiger partial charge in [-0.15, -0.1) is 0 Å². The SMILES string of the molecule is Cc1ccc2nc(C)c(C(=O)Nc3c(C)nn(C)c3C)cc2c1. The Morgan fingerprint density at radius 2 is 1.83 bits per heavy atom. The molecule has 2 aromatic heterocycles. The highest BCUT2D eigenvalue weighted by atomic mass is 16.1. The normalized spacial score (nSPS) is 11.0. The van der Waals surface area contributed by atoms with Crippen LogP contribution in [-0.2, 0) is 7.05 Å². The minimum absolute atomic E-state index is 0.155. The molecule has 0 saturated carbocycles. The number of anilines is 1. The zero-order valence-corrected chi connectivity index (χ0v) is 14.1. The molecule has 0 aliphatic rings. The van der Waals surface area contributed by atoms with Crippen molar-refractivity contribution in [2.75, 3.05) is 5.32 Å². The van der Waals surface area contributed by atoms with Crippen molar-refractivity contribution in [1.82, 2.24) is 14.8 Å². The standard InChI is InChI=1S/C18H20N4O/c1-10-6-7-16-14(8-10)9-15(11(2)19-16)18(23)20-17-12(3)21-22(5)13(17)4/h6-9H,1-5H3,(H,20,23). The second-order valence-electron chi connectivity index (χ2n) is 5.94. The molecule has 1 N–H and O–H groups in total. The van der Waals surface area contributed by atoms with Crippen molar-refractivity contribution in [3.8, 4) is 0 Å². The lowest BCUT2D eigenvalue weighted by Crippen LogP contribution is -2.15. The van der Waals surface area contributed by atoms with Crippen LogP contribution in [0.5, 0.6) is 0 Å². The number of nitrogens with zero attached hydrogens (tertiary/aromatic N) is 3. The number of pyridine rings is 1. The van der Waals surface area contributed by atoms with Crippen LogP contribution in [0.15, 0.2) is 24.3 Å². The van der Waals surface area contributed by atoms with E-state index in [4.69, 9.17) is 0 Å². The topological polar surface area (TPSA) is 59.8 Å². The number of rotatable bonds is 2. The van der Waals surface area contributed by atoms with Crippen molar-refractivity contribution < 1.29 is 4.79 Å². The first kappa shape index (κ1) is 15.2. The maximum absolute atomic E-state index is 12.7. The molecule has 118 valence electrons. The van der Waals surface area contributed by atoms with Gasteiger partial charge >= 0.3 is 0 Å². The number of fused-ring (bicyclic) bond motifs is 1. The number of nitrogens with one attached hydrogen (secondary N) is 1. The summed E-state index contributed by atoms with van der Waals surface area (Å²) in [5.74, 6) is -0.155. The number of amides is 1. The monoisotopic (exact) mass is 308 g/mol. The van der Waals surface area contributed by atoms with Gasteiger partial charge in [-0.2, -0.15) is 5.10 Å². The van der Waals surface area contributed by atoms with E-state index in [-0.39, 0.29) is 5.91 Å². The lowest BCUT2D eigenvalue weighted by Gasteiger charge is -2.09. The number of carbonyl (C=O) groups is 1. The summed E-state index contributed by atoms with van der Waals surface area (Å²) in [5, 5.41) is 8.27. The molecule has 0 bridgehead atoms. The van der Waals surface area contributed by atoms with Crippen molar-refractivity contribution in [3.05, 3.63) is 52.5 Å². The van der Waals surface area contributed by atoms with E-state index < -0.39 is 0 Å². The molecule has 0 fully saturated rings. The summed E-state index contributed by atoms with van der Waals surface area (Å²) in [7, 11) is 1.86. The molecule has 1 amide bonds. The predicted octanol–water partition coefficient (Wildman–Crippen LogP) is 3.45. The van der Waals surface area contributed by atoms with Gasteiger partial charge in [-0.05, 0) is 45.9 Å². The zero-order valence-electron chi connectivity index (χ0n) is 14.1. The first-order valence-corrected chi connectivity index (χ1v) is 7.56. The van der Waals surface area contributed by atoms with Gasteiger partial charge in [-0.1, -0.05) is 11.6 Å². The molecule has 0 spiro atoms. The summed E-state index contributed by atoms with van der Waals surface area (Å²) in [5.41, 5.74) is 5.86. The Hall–Kier alpha value is -2.69. The van der Waals surface area contributed by atoms with Crippen molar-refractivity contribution in [1.29, 1.82) is 0 Å². The predicted molar refractivity (Wildman–Crippen MR) is 91.9 cm³/mol. The molecule has 0 aliphatic heterocycles. The zero-order chi connectivity index (χ0) is 16.7. The molecule has 0 aliphatic carbocycles. The highest BCUT2D eigenvalue weighted by Gasteiger charge is 2.16. The van der Waals surface area contributed by atoms with E-state index in [0.29, 0.717) is 5.56 Å². The number of aromatic nitrogens is 3. The van der Waals surface area contributed by atoms with Crippen molar-refractivity contribution >= 4 is 22.5 Å². The van der Waals surface area contributed by atoms with Gasteiger partial charge in [0.1, 0.15) is 0 Å². The molecule has 0 radical (unpaired) electrons. The number of carbonyl (C=O) groups excluding carboxylic acids is 1. The van der Waals surface area contributed by atoms with Gasteiger partial charge < -0.3 is 5.32 Å². The van der Waals surface area contributed by atoms with Crippen LogP contribution in [0, 0.1) is 27.7 Å². The van der Waals surface area contributed by atoms with E-state index in [1.54, 1.807) is 4.68 Å². The first-order chi connectivity index (χ1) is 10.9. The Bertz CT molecular complexity index is 924. The third-order valence-corrected chi connectivity index (χ3v) is 4.15. The van der Waals surface area contributed by atoms with E-state index in [9.17, 15) is 4.79 Å². The van der Waals surface area contributed by atoms with Crippen LogP contribution < -0.4 is 5.32 Å². The van der Waals surface area contributed by atoms with Crippen LogP contribution in [0.1, 0.15) is 33.0 Å². The van der Waals surface area contributed by atoms with Crippen LogP contribution in [0.25, 0.3) is 10.9 Å². The summed E-state index contributed by atoms with van der Waals surface area (Å²) in [4.78, 5) is 17.2. The molecule has 0 saturated heterocycles. The van der Waals surface area contributed by atoms with Gasteiger partial charge in [0, 0.05) is 12.4 Å². The fraction of sp³-hybridized carbons (Fsp3) is 0.278. The third-order valence-electron chi connectivity index (χ3n) is 4.15. The maximum Gasteiger partial charge on any atom is 0.257 e. The molecule has 0 unspecified atom stereocenters. The second-order valence-corrected chi connectivity index (χ2v) is 5.94. The van der Waals surface area contributed by atoms with Gasteiger partial charge in [-0.25, -0.2) is 0 Å². The Labute approximate surface area is 135 Å². The van der Waals surface area contributed by atoms with Gasteiger partial charge in [0.15, 0.2) is 0 Å². The van der Waals surface area contributed by atoms with E-state index in [2.05, 4.69) is 15.4 Å². The quantitative estimate of drug-likeness (QED) is 0.788. The molecule has 0 atom stereocenters. The Kier molecular flexibility index (Phi) is 3.64. The molecule has 5 nitrogen and oxygen atoms in total. The van der Waals surface area contributed by atoms with Gasteiger partial charge in [-0.3, -0.25) is 14.5 Å². The third kappa shape index (κ3) is 2.70. The lowest BCUT2D eigenvalue weighted by atomic mass is 10.1. The second kappa shape index (κ2) is 5.50. The molecule has 5 heteroatoms. The van der Waals surface area contributed by atoms with Crippen LogP contribution >= 0.6 is 0 Å². The summed E-state index contributed by atoms with van der Waals surface area (Å²) >= 11 is 0. The fourth-order valence-electron chi connectivity index (χ4n) is 2.76. The van der Waals surface area contributed by atoms with E-state index in [0.717, 1.165) is 39.2 Å². The van der Waals surface area contributed by atoms with Crippen molar-refractivity contribution in [3.63, 3.8) is 0 Å².